The minimum Gasteiger partial charge on any atom is -0.493 e. The Morgan fingerprint density at radius 2 is 1.88 bits per heavy atom. The van der Waals surface area contributed by atoms with Crippen LogP contribution in [0.1, 0.15) is 58.8 Å². The van der Waals surface area contributed by atoms with E-state index in [1.165, 1.54) is 25.3 Å². The average Bonchev–Trinajstić information content (AvgIpc) is 3.26. The van der Waals surface area contributed by atoms with Gasteiger partial charge in [-0.2, -0.15) is 18.3 Å². The molecule has 1 amide bonds. The summed E-state index contributed by atoms with van der Waals surface area (Å²) < 4.78 is 54.3. The van der Waals surface area contributed by atoms with E-state index < -0.39 is 34.5 Å². The van der Waals surface area contributed by atoms with Crippen LogP contribution in [0.25, 0.3) is 5.69 Å². The molecule has 1 aliphatic rings. The number of benzene rings is 2. The molecule has 220 valence electrons. The maximum Gasteiger partial charge on any atom is 0.435 e. The molecule has 3 aromatic rings. The number of alkyl halides is 3. The van der Waals surface area contributed by atoms with Crippen LogP contribution < -0.4 is 20.5 Å². The van der Waals surface area contributed by atoms with E-state index in [4.69, 9.17) is 15.2 Å². The van der Waals surface area contributed by atoms with Crippen molar-refractivity contribution in [3.05, 3.63) is 58.9 Å². The van der Waals surface area contributed by atoms with Gasteiger partial charge in [-0.05, 0) is 62.7 Å². The monoisotopic (exact) mass is 573 g/mol. The van der Waals surface area contributed by atoms with Crippen molar-refractivity contribution in [1.29, 1.82) is 0 Å². The van der Waals surface area contributed by atoms with Crippen molar-refractivity contribution in [2.75, 3.05) is 39.7 Å². The smallest absolute Gasteiger partial charge is 0.435 e. The summed E-state index contributed by atoms with van der Waals surface area (Å²) in [7, 11) is 5.46. The van der Waals surface area contributed by atoms with Gasteiger partial charge in [0.2, 0.25) is 0 Å². The highest BCUT2D eigenvalue weighted by Crippen LogP contribution is 2.42. The highest BCUT2D eigenvalue weighted by molar-refractivity contribution is 6.01. The first-order valence-electron chi connectivity index (χ1n) is 13.1. The third kappa shape index (κ3) is 6.64. The van der Waals surface area contributed by atoms with Crippen molar-refractivity contribution in [2.24, 2.45) is 11.1 Å². The third-order valence-corrected chi connectivity index (χ3v) is 6.78. The number of ether oxygens (including phenoxy) is 2. The van der Waals surface area contributed by atoms with Crippen LogP contribution in [0.15, 0.2) is 36.4 Å². The lowest BCUT2D eigenvalue weighted by Gasteiger charge is -2.29. The van der Waals surface area contributed by atoms with Gasteiger partial charge in [-0.1, -0.05) is 13.8 Å². The number of anilines is 2. The Bertz CT molecular complexity index is 1460. The maximum absolute atomic E-state index is 13.9. The predicted molar refractivity (Wildman–Crippen MR) is 148 cm³/mol. The number of nitrogens with two attached hydrogens (primary N) is 1. The number of nitrogens with zero attached hydrogens (tertiary/aromatic N) is 3. The van der Waals surface area contributed by atoms with Gasteiger partial charge in [0.15, 0.2) is 23.0 Å². The average molecular weight is 574 g/mol. The van der Waals surface area contributed by atoms with Crippen LogP contribution in [0, 0.1) is 5.41 Å². The van der Waals surface area contributed by atoms with Gasteiger partial charge in [0.25, 0.3) is 5.91 Å². The van der Waals surface area contributed by atoms with Crippen molar-refractivity contribution in [3.63, 3.8) is 0 Å². The number of carbonyl (C=O) groups excluding carboxylic acids is 2. The SMILES string of the molecule is COc1ccc(Nc2cc(-n3nc(C(F)(F)F)c4c3CC(C)(C)CC4=O)ccc2C(N)=O)cc1OCCCN(C)C. The van der Waals surface area contributed by atoms with Gasteiger partial charge in [0.05, 0.1) is 41.9 Å². The molecular weight excluding hydrogens is 539 g/mol. The lowest BCUT2D eigenvalue weighted by molar-refractivity contribution is -0.141. The number of Topliss-reactive ketones (excluding diaryl/α,β-unsaturated/α-hetero) is 1. The Balaban J connectivity index is 1.75. The standard InChI is InChI=1S/C29H34F3N5O4/c1-28(2)15-21-25(22(38)16-28)26(29(30,31)32)35-37(21)18-8-9-19(27(33)39)20(14-18)34-17-7-10-23(40-5)24(13-17)41-12-6-11-36(3)4/h7-10,13-14,34H,6,11-12,15-16H2,1-5H3,(H2,33,39). The van der Waals surface area contributed by atoms with Crippen LogP contribution in [0.2, 0.25) is 0 Å². The summed E-state index contributed by atoms with van der Waals surface area (Å²) in [5, 5.41) is 6.98. The molecule has 0 saturated heterocycles. The van der Waals surface area contributed by atoms with Gasteiger partial charge in [-0.3, -0.25) is 9.59 Å². The first-order valence-corrected chi connectivity index (χ1v) is 13.1. The van der Waals surface area contributed by atoms with Gasteiger partial charge in [-0.15, -0.1) is 0 Å². The lowest BCUT2D eigenvalue weighted by Crippen LogP contribution is -2.29. The first kappa shape index (κ1) is 29.9. The van der Waals surface area contributed by atoms with Crippen LogP contribution in [-0.4, -0.2) is 60.7 Å². The fourth-order valence-corrected chi connectivity index (χ4v) is 4.93. The van der Waals surface area contributed by atoms with E-state index in [1.54, 1.807) is 18.2 Å². The van der Waals surface area contributed by atoms with Crippen LogP contribution in [-0.2, 0) is 12.6 Å². The van der Waals surface area contributed by atoms with Gasteiger partial charge in [-0.25, -0.2) is 4.68 Å². The van der Waals surface area contributed by atoms with E-state index in [0.717, 1.165) is 17.6 Å². The Morgan fingerprint density at radius 3 is 2.51 bits per heavy atom. The Kier molecular flexibility index (Phi) is 8.34. The maximum atomic E-state index is 13.9. The summed E-state index contributed by atoms with van der Waals surface area (Å²) in [6.07, 6.45) is -3.83. The molecule has 0 atom stereocenters. The summed E-state index contributed by atoms with van der Waals surface area (Å²) in [5.74, 6) is -0.343. The number of ketones is 1. The molecule has 0 spiro atoms. The topological polar surface area (TPSA) is 112 Å². The number of hydrogen-bond acceptors (Lipinski definition) is 7. The van der Waals surface area contributed by atoms with E-state index in [0.29, 0.717) is 23.8 Å². The fourth-order valence-electron chi connectivity index (χ4n) is 4.93. The zero-order valence-corrected chi connectivity index (χ0v) is 23.7. The molecule has 0 fully saturated rings. The minimum absolute atomic E-state index is 0.0147. The van der Waals surface area contributed by atoms with E-state index in [9.17, 15) is 22.8 Å². The van der Waals surface area contributed by atoms with Crippen LogP contribution in [0.5, 0.6) is 11.5 Å². The highest BCUT2D eigenvalue weighted by atomic mass is 19.4. The van der Waals surface area contributed by atoms with Crippen molar-refractivity contribution in [3.8, 4) is 17.2 Å². The second kappa shape index (κ2) is 11.4. The summed E-state index contributed by atoms with van der Waals surface area (Å²) in [4.78, 5) is 27.1. The largest absolute Gasteiger partial charge is 0.493 e. The number of primary amides is 1. The van der Waals surface area contributed by atoms with E-state index >= 15 is 0 Å². The molecule has 9 nitrogen and oxygen atoms in total. The van der Waals surface area contributed by atoms with E-state index in [1.807, 2.05) is 32.8 Å². The quantitative estimate of drug-likeness (QED) is 0.320. The van der Waals surface area contributed by atoms with E-state index in [-0.39, 0.29) is 35.5 Å². The summed E-state index contributed by atoms with van der Waals surface area (Å²) >= 11 is 0. The van der Waals surface area contributed by atoms with Crippen molar-refractivity contribution < 1.29 is 32.2 Å². The zero-order valence-electron chi connectivity index (χ0n) is 23.7. The van der Waals surface area contributed by atoms with Gasteiger partial charge in [0.1, 0.15) is 0 Å². The van der Waals surface area contributed by atoms with Crippen molar-refractivity contribution in [1.82, 2.24) is 14.7 Å². The molecule has 0 bridgehead atoms. The number of rotatable bonds is 10. The molecular formula is C29H34F3N5O4. The number of amides is 1. The number of methoxy groups -OCH3 is 1. The predicted octanol–water partition coefficient (Wildman–Crippen LogP) is 5.23. The lowest BCUT2D eigenvalue weighted by atomic mass is 9.75. The molecule has 0 aliphatic heterocycles. The molecule has 1 aromatic heterocycles. The summed E-state index contributed by atoms with van der Waals surface area (Å²) in [6.45, 7) is 4.93. The van der Waals surface area contributed by atoms with Crippen molar-refractivity contribution >= 4 is 23.1 Å². The Labute approximate surface area is 236 Å². The first-order chi connectivity index (χ1) is 19.2. The number of nitrogens with one attached hydrogen (secondary N) is 1. The number of fused-ring (bicyclic) bond motifs is 1. The Morgan fingerprint density at radius 1 is 1.15 bits per heavy atom. The molecule has 0 unspecified atom stereocenters. The highest BCUT2D eigenvalue weighted by Gasteiger charge is 2.45. The van der Waals surface area contributed by atoms with Crippen LogP contribution in [0.3, 0.4) is 0 Å². The molecule has 1 heterocycles. The molecule has 1 aliphatic carbocycles. The molecule has 3 N–H and O–H groups in total. The van der Waals surface area contributed by atoms with Crippen molar-refractivity contribution in [2.45, 2.75) is 39.3 Å². The molecule has 2 aromatic carbocycles. The van der Waals surface area contributed by atoms with Gasteiger partial charge >= 0.3 is 6.18 Å². The number of halogens is 3. The molecule has 12 heteroatoms. The number of hydrogen-bond donors (Lipinski definition) is 2. The van der Waals surface area contributed by atoms with Gasteiger partial charge < -0.3 is 25.4 Å². The van der Waals surface area contributed by atoms with Crippen LogP contribution in [0.4, 0.5) is 24.5 Å². The second-order valence-corrected chi connectivity index (χ2v) is 11.1. The zero-order chi connectivity index (χ0) is 30.1. The summed E-state index contributed by atoms with van der Waals surface area (Å²) in [5.41, 5.74) is 4.76. The number of carbonyl (C=O) groups is 2. The Hall–Kier alpha value is -4.06. The number of aromatic nitrogens is 2. The second-order valence-electron chi connectivity index (χ2n) is 11.1. The molecule has 41 heavy (non-hydrogen) atoms. The van der Waals surface area contributed by atoms with E-state index in [2.05, 4.69) is 10.4 Å². The van der Waals surface area contributed by atoms with Crippen LogP contribution >= 0.6 is 0 Å². The molecule has 0 radical (unpaired) electrons. The fraction of sp³-hybridized carbons (Fsp3) is 0.414. The van der Waals surface area contributed by atoms with Gasteiger partial charge in [0, 0.05) is 24.7 Å². The molecule has 0 saturated carbocycles. The normalized spacial score (nSPS) is 14.6. The summed E-state index contributed by atoms with van der Waals surface area (Å²) in [6, 6.07) is 9.47. The minimum atomic E-state index is -4.81. The third-order valence-electron chi connectivity index (χ3n) is 6.78. The molecule has 4 rings (SSSR count).